The van der Waals surface area contributed by atoms with Gasteiger partial charge >= 0.3 is 0 Å². The summed E-state index contributed by atoms with van der Waals surface area (Å²) in [7, 11) is 0. The van der Waals surface area contributed by atoms with Gasteiger partial charge in [0.05, 0.1) is 6.61 Å². The zero-order valence-electron chi connectivity index (χ0n) is 14.0. The Kier molecular flexibility index (Phi) is 5.64. The molecule has 1 aromatic rings. The molecule has 1 aromatic carbocycles. The minimum atomic E-state index is 0.183. The van der Waals surface area contributed by atoms with Crippen LogP contribution in [0.5, 0.6) is 5.75 Å². The van der Waals surface area contributed by atoms with E-state index >= 15 is 0 Å². The first-order valence-corrected chi connectivity index (χ1v) is 7.59. The molecule has 2 heteroatoms. The second-order valence-electron chi connectivity index (χ2n) is 7.76. The Bertz CT molecular complexity index is 398. The van der Waals surface area contributed by atoms with E-state index in [1.54, 1.807) is 0 Å². The van der Waals surface area contributed by atoms with Crippen LogP contribution in [0.2, 0.25) is 0 Å². The zero-order valence-corrected chi connectivity index (χ0v) is 14.0. The van der Waals surface area contributed by atoms with Crippen molar-refractivity contribution < 1.29 is 4.74 Å². The molecule has 1 atom stereocenters. The largest absolute Gasteiger partial charge is 0.494 e. The Morgan fingerprint density at radius 3 is 2.05 bits per heavy atom. The molecule has 0 amide bonds. The molecule has 0 spiro atoms. The minimum Gasteiger partial charge on any atom is -0.494 e. The van der Waals surface area contributed by atoms with Crippen molar-refractivity contribution in [2.75, 3.05) is 6.61 Å². The SMILES string of the molecule is CC(N)CCOc1ccc(C(C)(C)CC(C)(C)C)cc1. The van der Waals surface area contributed by atoms with E-state index in [4.69, 9.17) is 10.5 Å². The van der Waals surface area contributed by atoms with Gasteiger partial charge in [0.15, 0.2) is 0 Å². The van der Waals surface area contributed by atoms with Gasteiger partial charge in [0.25, 0.3) is 0 Å². The van der Waals surface area contributed by atoms with Gasteiger partial charge < -0.3 is 10.5 Å². The number of rotatable bonds is 6. The van der Waals surface area contributed by atoms with Crippen molar-refractivity contribution in [3.8, 4) is 5.75 Å². The summed E-state index contributed by atoms with van der Waals surface area (Å²) >= 11 is 0. The van der Waals surface area contributed by atoms with E-state index in [0.29, 0.717) is 12.0 Å². The first-order valence-electron chi connectivity index (χ1n) is 7.59. The molecular formula is C18H31NO. The van der Waals surface area contributed by atoms with Crippen LogP contribution < -0.4 is 10.5 Å². The lowest BCUT2D eigenvalue weighted by atomic mass is 9.72. The van der Waals surface area contributed by atoms with E-state index in [0.717, 1.165) is 18.6 Å². The highest BCUT2D eigenvalue weighted by Crippen LogP contribution is 2.36. The predicted molar refractivity (Wildman–Crippen MR) is 87.3 cm³/mol. The maximum Gasteiger partial charge on any atom is 0.119 e. The second-order valence-corrected chi connectivity index (χ2v) is 7.76. The van der Waals surface area contributed by atoms with E-state index in [1.807, 2.05) is 6.92 Å². The Morgan fingerprint density at radius 1 is 1.05 bits per heavy atom. The summed E-state index contributed by atoms with van der Waals surface area (Å²) in [4.78, 5) is 0. The molecule has 0 heterocycles. The monoisotopic (exact) mass is 277 g/mol. The molecule has 20 heavy (non-hydrogen) atoms. The van der Waals surface area contributed by atoms with Gasteiger partial charge in [0.2, 0.25) is 0 Å². The van der Waals surface area contributed by atoms with Crippen LogP contribution in [0, 0.1) is 5.41 Å². The molecule has 1 unspecified atom stereocenters. The van der Waals surface area contributed by atoms with Crippen molar-refractivity contribution in [2.45, 2.75) is 65.8 Å². The molecule has 1 rings (SSSR count). The number of hydrogen-bond acceptors (Lipinski definition) is 2. The number of hydrogen-bond donors (Lipinski definition) is 1. The Hall–Kier alpha value is -1.02. The summed E-state index contributed by atoms with van der Waals surface area (Å²) in [6.07, 6.45) is 2.04. The molecule has 0 aromatic heterocycles. The van der Waals surface area contributed by atoms with Crippen molar-refractivity contribution in [2.24, 2.45) is 11.1 Å². The highest BCUT2D eigenvalue weighted by atomic mass is 16.5. The Balaban J connectivity index is 2.66. The van der Waals surface area contributed by atoms with Crippen LogP contribution in [-0.4, -0.2) is 12.6 Å². The van der Waals surface area contributed by atoms with Crippen molar-refractivity contribution in [3.05, 3.63) is 29.8 Å². The number of ether oxygens (including phenoxy) is 1. The van der Waals surface area contributed by atoms with Crippen LogP contribution in [0.25, 0.3) is 0 Å². The molecule has 0 saturated heterocycles. The summed E-state index contributed by atoms with van der Waals surface area (Å²) in [5.41, 5.74) is 7.60. The highest BCUT2D eigenvalue weighted by Gasteiger charge is 2.27. The van der Waals surface area contributed by atoms with Crippen LogP contribution in [0.15, 0.2) is 24.3 Å². The molecule has 0 aliphatic heterocycles. The molecule has 0 aliphatic carbocycles. The van der Waals surface area contributed by atoms with Crippen molar-refractivity contribution in [1.82, 2.24) is 0 Å². The molecule has 2 nitrogen and oxygen atoms in total. The summed E-state index contributed by atoms with van der Waals surface area (Å²) in [6, 6.07) is 8.71. The smallest absolute Gasteiger partial charge is 0.119 e. The van der Waals surface area contributed by atoms with Gasteiger partial charge in [0.1, 0.15) is 5.75 Å². The lowest BCUT2D eigenvalue weighted by Crippen LogP contribution is -2.24. The number of nitrogens with two attached hydrogens (primary N) is 1. The average molecular weight is 277 g/mol. The lowest BCUT2D eigenvalue weighted by molar-refractivity contribution is 0.283. The first kappa shape index (κ1) is 17.0. The third-order valence-corrected chi connectivity index (χ3v) is 3.45. The standard InChI is InChI=1S/C18H31NO/c1-14(19)11-12-20-16-9-7-15(8-10-16)18(5,6)13-17(2,3)4/h7-10,14H,11-13,19H2,1-6H3. The number of benzene rings is 1. The van der Waals surface area contributed by atoms with Crippen LogP contribution >= 0.6 is 0 Å². The molecule has 0 aliphatic rings. The normalized spacial score (nSPS) is 14.2. The fraction of sp³-hybridized carbons (Fsp3) is 0.667. The maximum absolute atomic E-state index is 5.72. The fourth-order valence-corrected chi connectivity index (χ4v) is 2.79. The quantitative estimate of drug-likeness (QED) is 0.830. The van der Waals surface area contributed by atoms with Crippen LogP contribution in [0.1, 0.15) is 59.9 Å². The maximum atomic E-state index is 5.72. The highest BCUT2D eigenvalue weighted by molar-refractivity contribution is 5.31. The van der Waals surface area contributed by atoms with E-state index < -0.39 is 0 Å². The van der Waals surface area contributed by atoms with Gasteiger partial charge in [-0.3, -0.25) is 0 Å². The van der Waals surface area contributed by atoms with Gasteiger partial charge in [-0.1, -0.05) is 46.8 Å². The third-order valence-electron chi connectivity index (χ3n) is 3.45. The van der Waals surface area contributed by atoms with Crippen molar-refractivity contribution in [3.63, 3.8) is 0 Å². The van der Waals surface area contributed by atoms with E-state index in [2.05, 4.69) is 58.9 Å². The molecule has 0 fully saturated rings. The minimum absolute atomic E-state index is 0.183. The molecule has 0 bridgehead atoms. The molecular weight excluding hydrogens is 246 g/mol. The van der Waals surface area contributed by atoms with Crippen LogP contribution in [-0.2, 0) is 5.41 Å². The van der Waals surface area contributed by atoms with Gasteiger partial charge in [-0.05, 0) is 48.3 Å². The molecule has 0 radical (unpaired) electrons. The van der Waals surface area contributed by atoms with Gasteiger partial charge in [-0.15, -0.1) is 0 Å². The van der Waals surface area contributed by atoms with Crippen molar-refractivity contribution in [1.29, 1.82) is 0 Å². The van der Waals surface area contributed by atoms with E-state index in [1.165, 1.54) is 5.56 Å². The summed E-state index contributed by atoms with van der Waals surface area (Å²) in [6.45, 7) is 14.2. The summed E-state index contributed by atoms with van der Waals surface area (Å²) < 4.78 is 5.71. The van der Waals surface area contributed by atoms with Crippen LogP contribution in [0.3, 0.4) is 0 Å². The predicted octanol–water partition coefficient (Wildman–Crippen LogP) is 4.52. The molecule has 0 saturated carbocycles. The zero-order chi connectivity index (χ0) is 15.4. The molecule has 114 valence electrons. The Labute approximate surface area is 124 Å². The van der Waals surface area contributed by atoms with E-state index in [-0.39, 0.29) is 11.5 Å². The topological polar surface area (TPSA) is 35.2 Å². The summed E-state index contributed by atoms with van der Waals surface area (Å²) in [5, 5.41) is 0. The lowest BCUT2D eigenvalue weighted by Gasteiger charge is -2.33. The molecule has 2 N–H and O–H groups in total. The summed E-state index contributed by atoms with van der Waals surface area (Å²) in [5.74, 6) is 0.931. The van der Waals surface area contributed by atoms with Crippen LogP contribution in [0.4, 0.5) is 0 Å². The van der Waals surface area contributed by atoms with E-state index in [9.17, 15) is 0 Å². The fourth-order valence-electron chi connectivity index (χ4n) is 2.79. The van der Waals surface area contributed by atoms with Gasteiger partial charge in [-0.2, -0.15) is 0 Å². The van der Waals surface area contributed by atoms with Crippen molar-refractivity contribution >= 4 is 0 Å². The average Bonchev–Trinajstić information content (AvgIpc) is 2.26. The Morgan fingerprint density at radius 2 is 1.60 bits per heavy atom. The first-order chi connectivity index (χ1) is 9.10. The second kappa shape index (κ2) is 6.62. The third kappa shape index (κ3) is 5.96. The van der Waals surface area contributed by atoms with Gasteiger partial charge in [-0.25, -0.2) is 0 Å². The van der Waals surface area contributed by atoms with Gasteiger partial charge in [0, 0.05) is 6.04 Å².